The Kier molecular flexibility index (Phi) is 3.91. The molecule has 0 aliphatic rings. The summed E-state index contributed by atoms with van der Waals surface area (Å²) < 4.78 is 4.97. The summed E-state index contributed by atoms with van der Waals surface area (Å²) >= 11 is 0. The number of hydrogen-bond donors (Lipinski definition) is 1. The van der Waals surface area contributed by atoms with E-state index in [1.165, 1.54) is 7.11 Å². The van der Waals surface area contributed by atoms with Gasteiger partial charge in [0, 0.05) is 18.6 Å². The van der Waals surface area contributed by atoms with Crippen LogP contribution in [0.5, 0.6) is 11.5 Å². The molecule has 0 saturated heterocycles. The fourth-order valence-corrected chi connectivity index (χ4v) is 1.54. The van der Waals surface area contributed by atoms with Gasteiger partial charge in [0.05, 0.1) is 13.7 Å². The van der Waals surface area contributed by atoms with Crippen LogP contribution in [0.3, 0.4) is 0 Å². The van der Waals surface area contributed by atoms with Gasteiger partial charge in [0.25, 0.3) is 0 Å². The number of rotatable bonds is 4. The average Bonchev–Trinajstić information content (AvgIpc) is 2.40. The van der Waals surface area contributed by atoms with Crippen LogP contribution in [-0.2, 0) is 6.54 Å². The molecule has 0 aliphatic carbocycles. The molecular formula is C14H14N2O2. The number of aliphatic imine (C=N–C) groups is 1. The van der Waals surface area contributed by atoms with E-state index in [9.17, 15) is 5.11 Å². The molecule has 0 aliphatic heterocycles. The third-order valence-electron chi connectivity index (χ3n) is 2.44. The second-order valence-electron chi connectivity index (χ2n) is 3.76. The minimum Gasteiger partial charge on any atom is -0.504 e. The molecule has 0 saturated carbocycles. The Labute approximate surface area is 106 Å². The van der Waals surface area contributed by atoms with E-state index in [-0.39, 0.29) is 5.75 Å². The van der Waals surface area contributed by atoms with Gasteiger partial charge in [0.1, 0.15) is 0 Å². The van der Waals surface area contributed by atoms with Crippen molar-refractivity contribution in [3.63, 3.8) is 0 Å². The fraction of sp³-hybridized carbons (Fsp3) is 0.143. The highest BCUT2D eigenvalue weighted by atomic mass is 16.5. The van der Waals surface area contributed by atoms with Crippen LogP contribution in [0.2, 0.25) is 0 Å². The highest BCUT2D eigenvalue weighted by Crippen LogP contribution is 2.25. The molecule has 0 radical (unpaired) electrons. The zero-order valence-corrected chi connectivity index (χ0v) is 10.1. The number of aromatic nitrogens is 1. The summed E-state index contributed by atoms with van der Waals surface area (Å²) in [5.41, 5.74) is 1.88. The van der Waals surface area contributed by atoms with Crippen molar-refractivity contribution in [3.05, 3.63) is 53.9 Å². The van der Waals surface area contributed by atoms with Crippen molar-refractivity contribution in [1.29, 1.82) is 0 Å². The first-order valence-corrected chi connectivity index (χ1v) is 5.55. The van der Waals surface area contributed by atoms with Crippen molar-refractivity contribution in [2.75, 3.05) is 7.11 Å². The molecule has 1 aromatic carbocycles. The topological polar surface area (TPSA) is 54.7 Å². The summed E-state index contributed by atoms with van der Waals surface area (Å²) in [6.07, 6.45) is 5.23. The van der Waals surface area contributed by atoms with E-state index in [0.29, 0.717) is 12.3 Å². The van der Waals surface area contributed by atoms with Gasteiger partial charge in [-0.2, -0.15) is 0 Å². The number of methoxy groups -OCH3 is 1. The van der Waals surface area contributed by atoms with Crippen LogP contribution >= 0.6 is 0 Å². The van der Waals surface area contributed by atoms with Gasteiger partial charge < -0.3 is 9.84 Å². The second kappa shape index (κ2) is 5.82. The van der Waals surface area contributed by atoms with Crippen molar-refractivity contribution in [3.8, 4) is 11.5 Å². The number of phenolic OH excluding ortho intramolecular Hbond substituents is 1. The number of ether oxygens (including phenoxy) is 1. The Morgan fingerprint density at radius 2 is 2.28 bits per heavy atom. The normalized spacial score (nSPS) is 10.7. The van der Waals surface area contributed by atoms with Gasteiger partial charge in [-0.25, -0.2) is 0 Å². The number of aromatic hydroxyl groups is 1. The Morgan fingerprint density at radius 3 is 2.94 bits per heavy atom. The minimum absolute atomic E-state index is 0.114. The van der Waals surface area contributed by atoms with E-state index in [1.807, 2.05) is 18.2 Å². The Bertz CT molecular complexity index is 539. The zero-order valence-electron chi connectivity index (χ0n) is 10.1. The summed E-state index contributed by atoms with van der Waals surface area (Å²) in [4.78, 5) is 8.31. The Morgan fingerprint density at radius 1 is 1.39 bits per heavy atom. The highest BCUT2D eigenvalue weighted by Gasteiger charge is 2.00. The molecule has 18 heavy (non-hydrogen) atoms. The lowest BCUT2D eigenvalue weighted by atomic mass is 10.2. The van der Waals surface area contributed by atoms with Crippen molar-refractivity contribution in [1.82, 2.24) is 4.98 Å². The van der Waals surface area contributed by atoms with Crippen molar-refractivity contribution in [2.45, 2.75) is 6.54 Å². The van der Waals surface area contributed by atoms with Gasteiger partial charge >= 0.3 is 0 Å². The van der Waals surface area contributed by atoms with E-state index in [4.69, 9.17) is 4.74 Å². The van der Waals surface area contributed by atoms with Crippen LogP contribution in [0.15, 0.2) is 47.7 Å². The van der Waals surface area contributed by atoms with E-state index in [0.717, 1.165) is 11.1 Å². The van der Waals surface area contributed by atoms with Crippen molar-refractivity contribution < 1.29 is 9.84 Å². The maximum Gasteiger partial charge on any atom is 0.160 e. The van der Waals surface area contributed by atoms with E-state index in [2.05, 4.69) is 9.98 Å². The fourth-order valence-electron chi connectivity index (χ4n) is 1.54. The molecule has 0 bridgehead atoms. The van der Waals surface area contributed by atoms with Crippen LogP contribution < -0.4 is 4.74 Å². The molecule has 1 aromatic heterocycles. The standard InChI is InChI=1S/C14H14N2O2/c1-18-14-5-4-11(7-13(14)17)8-16-10-12-3-2-6-15-9-12/h2-9,17H,10H2,1H3. The number of pyridine rings is 1. The summed E-state index contributed by atoms with van der Waals surface area (Å²) in [6, 6.07) is 9.01. The number of phenols is 1. The Balaban J connectivity index is 2.03. The predicted octanol–water partition coefficient (Wildman–Crippen LogP) is 2.41. The van der Waals surface area contributed by atoms with Crippen LogP contribution in [0.25, 0.3) is 0 Å². The molecule has 92 valence electrons. The SMILES string of the molecule is COc1ccc(C=NCc2cccnc2)cc1O. The van der Waals surface area contributed by atoms with Crippen molar-refractivity contribution in [2.24, 2.45) is 4.99 Å². The molecule has 1 heterocycles. The monoisotopic (exact) mass is 242 g/mol. The third kappa shape index (κ3) is 3.07. The molecule has 0 atom stereocenters. The quantitative estimate of drug-likeness (QED) is 0.838. The van der Waals surface area contributed by atoms with Crippen LogP contribution in [-0.4, -0.2) is 23.4 Å². The smallest absolute Gasteiger partial charge is 0.160 e. The number of nitrogens with zero attached hydrogens (tertiary/aromatic N) is 2. The maximum absolute atomic E-state index is 9.61. The second-order valence-corrected chi connectivity index (χ2v) is 3.76. The molecule has 4 heteroatoms. The summed E-state index contributed by atoms with van der Waals surface area (Å²) in [7, 11) is 1.52. The molecule has 0 unspecified atom stereocenters. The van der Waals surface area contributed by atoms with Crippen LogP contribution in [0.4, 0.5) is 0 Å². The molecule has 1 N–H and O–H groups in total. The summed E-state index contributed by atoms with van der Waals surface area (Å²) in [5, 5.41) is 9.61. The van der Waals surface area contributed by atoms with Gasteiger partial charge in [-0.15, -0.1) is 0 Å². The van der Waals surface area contributed by atoms with E-state index < -0.39 is 0 Å². The lowest BCUT2D eigenvalue weighted by Gasteiger charge is -2.03. The molecule has 2 rings (SSSR count). The van der Waals surface area contributed by atoms with Gasteiger partial charge in [0.15, 0.2) is 11.5 Å². The Hall–Kier alpha value is -2.36. The average molecular weight is 242 g/mol. The molecule has 0 spiro atoms. The number of hydrogen-bond acceptors (Lipinski definition) is 4. The van der Waals surface area contributed by atoms with E-state index >= 15 is 0 Å². The minimum atomic E-state index is 0.114. The van der Waals surface area contributed by atoms with Gasteiger partial charge in [-0.05, 0) is 35.4 Å². The number of benzene rings is 1. The maximum atomic E-state index is 9.61. The van der Waals surface area contributed by atoms with Crippen LogP contribution in [0, 0.1) is 0 Å². The lowest BCUT2D eigenvalue weighted by molar-refractivity contribution is 0.373. The summed E-state index contributed by atoms with van der Waals surface area (Å²) in [6.45, 7) is 0.570. The molecule has 0 fully saturated rings. The van der Waals surface area contributed by atoms with Gasteiger partial charge in [-0.1, -0.05) is 6.07 Å². The lowest BCUT2D eigenvalue weighted by Crippen LogP contribution is -1.87. The largest absolute Gasteiger partial charge is 0.504 e. The first kappa shape index (κ1) is 12.1. The van der Waals surface area contributed by atoms with Crippen LogP contribution in [0.1, 0.15) is 11.1 Å². The van der Waals surface area contributed by atoms with E-state index in [1.54, 1.807) is 30.7 Å². The molecule has 2 aromatic rings. The molecule has 0 amide bonds. The van der Waals surface area contributed by atoms with Gasteiger partial charge in [0.2, 0.25) is 0 Å². The predicted molar refractivity (Wildman–Crippen MR) is 70.2 cm³/mol. The van der Waals surface area contributed by atoms with Crippen molar-refractivity contribution >= 4 is 6.21 Å². The summed E-state index contributed by atoms with van der Waals surface area (Å²) in [5.74, 6) is 0.572. The molecule has 4 nitrogen and oxygen atoms in total. The third-order valence-corrected chi connectivity index (χ3v) is 2.44. The molecular weight excluding hydrogens is 228 g/mol. The first-order chi connectivity index (χ1) is 8.79. The zero-order chi connectivity index (χ0) is 12.8. The first-order valence-electron chi connectivity index (χ1n) is 5.55. The highest BCUT2D eigenvalue weighted by molar-refractivity contribution is 5.80. The van der Waals surface area contributed by atoms with Gasteiger partial charge in [-0.3, -0.25) is 9.98 Å².